The van der Waals surface area contributed by atoms with Gasteiger partial charge in [-0.3, -0.25) is 0 Å². The quantitative estimate of drug-likeness (QED) is 0.574. The highest BCUT2D eigenvalue weighted by Crippen LogP contribution is 2.21. The van der Waals surface area contributed by atoms with Crippen LogP contribution in [-0.4, -0.2) is 12.9 Å². The molecule has 1 rings (SSSR count). The van der Waals surface area contributed by atoms with Gasteiger partial charge in [0.05, 0.1) is 10.9 Å². The zero-order valence-corrected chi connectivity index (χ0v) is 8.24. The maximum absolute atomic E-state index is 12.7. The molecule has 1 aromatic carbocycles. The first kappa shape index (κ1) is 9.68. The minimum atomic E-state index is -0.395. The molecule has 4 heteroatoms. The fourth-order valence-electron chi connectivity index (χ4n) is 0.804. The van der Waals surface area contributed by atoms with E-state index in [0.29, 0.717) is 5.88 Å². The van der Waals surface area contributed by atoms with Crippen molar-refractivity contribution >= 4 is 29.9 Å². The molecule has 0 N–H and O–H groups in total. The van der Waals surface area contributed by atoms with Crippen molar-refractivity contribution in [2.24, 2.45) is 0 Å². The van der Waals surface area contributed by atoms with Gasteiger partial charge in [-0.05, 0) is 18.2 Å². The maximum Gasteiger partial charge on any atom is 0.141 e. The van der Waals surface area contributed by atoms with Gasteiger partial charge in [0, 0.05) is 12.7 Å². The number of nitrogens with zero attached hydrogens (tertiary/aromatic N) is 1. The smallest absolute Gasteiger partial charge is 0.141 e. The summed E-state index contributed by atoms with van der Waals surface area (Å²) in [6.07, 6.45) is 0. The lowest BCUT2D eigenvalue weighted by Crippen LogP contribution is -2.13. The molecule has 0 saturated heterocycles. The summed E-state index contributed by atoms with van der Waals surface area (Å²) in [5.74, 6) is 0.176. The van der Waals surface area contributed by atoms with E-state index in [-0.39, 0.29) is 5.02 Å². The number of hydrogen-bond donors (Lipinski definition) is 1. The molecule has 0 radical (unpaired) electrons. The summed E-state index contributed by atoms with van der Waals surface area (Å²) in [7, 11) is 1.86. The monoisotopic (exact) mass is 205 g/mol. The number of rotatable bonds is 2. The van der Waals surface area contributed by atoms with E-state index in [1.54, 1.807) is 12.1 Å². The number of benzene rings is 1. The van der Waals surface area contributed by atoms with Gasteiger partial charge in [-0.1, -0.05) is 11.6 Å². The summed E-state index contributed by atoms with van der Waals surface area (Å²) >= 11 is 9.66. The van der Waals surface area contributed by atoms with E-state index in [0.717, 1.165) is 5.69 Å². The van der Waals surface area contributed by atoms with E-state index in [9.17, 15) is 4.39 Å². The Kier molecular flexibility index (Phi) is 3.23. The minimum absolute atomic E-state index is 0.140. The fourth-order valence-corrected chi connectivity index (χ4v) is 1.14. The second-order valence-corrected chi connectivity index (χ2v) is 3.13. The Labute approximate surface area is 81.5 Å². The number of halogens is 2. The maximum atomic E-state index is 12.7. The molecule has 1 nitrogen and oxygen atoms in total. The highest BCUT2D eigenvalue weighted by atomic mass is 35.5. The van der Waals surface area contributed by atoms with Crippen molar-refractivity contribution in [3.63, 3.8) is 0 Å². The molecule has 0 fully saturated rings. The summed E-state index contributed by atoms with van der Waals surface area (Å²) in [4.78, 5) is 1.86. The molecule has 0 aliphatic rings. The minimum Gasteiger partial charge on any atom is -0.366 e. The van der Waals surface area contributed by atoms with Gasteiger partial charge in [0.25, 0.3) is 0 Å². The SMILES string of the molecule is CN(CS)c1ccc(F)c(Cl)c1. The Morgan fingerprint density at radius 3 is 2.75 bits per heavy atom. The molecule has 1 aromatic rings. The van der Waals surface area contributed by atoms with Crippen molar-refractivity contribution in [2.45, 2.75) is 0 Å². The molecule has 0 spiro atoms. The van der Waals surface area contributed by atoms with Crippen LogP contribution in [0.1, 0.15) is 0 Å². The first-order valence-corrected chi connectivity index (χ1v) is 4.43. The summed E-state index contributed by atoms with van der Waals surface area (Å²) < 4.78 is 12.7. The van der Waals surface area contributed by atoms with Crippen LogP contribution in [0.5, 0.6) is 0 Å². The number of anilines is 1. The molecular formula is C8H9ClFNS. The van der Waals surface area contributed by atoms with Gasteiger partial charge in [0.1, 0.15) is 5.82 Å². The van der Waals surface area contributed by atoms with Crippen molar-refractivity contribution in [3.05, 3.63) is 29.0 Å². The standard InChI is InChI=1S/C8H9ClFNS/c1-11(5-12)6-2-3-8(10)7(9)4-6/h2-4,12H,5H2,1H3. The Bertz CT molecular complexity index is 280. The Balaban J connectivity index is 2.96. The largest absolute Gasteiger partial charge is 0.366 e. The van der Waals surface area contributed by atoms with Crippen LogP contribution < -0.4 is 4.90 Å². The summed E-state index contributed by atoms with van der Waals surface area (Å²) in [5, 5.41) is 0.140. The predicted molar refractivity (Wildman–Crippen MR) is 53.7 cm³/mol. The first-order chi connectivity index (χ1) is 5.65. The van der Waals surface area contributed by atoms with E-state index in [2.05, 4.69) is 12.6 Å². The molecule has 0 bridgehead atoms. The average Bonchev–Trinajstić information content (AvgIpc) is 2.08. The Morgan fingerprint density at radius 2 is 2.25 bits per heavy atom. The van der Waals surface area contributed by atoms with Gasteiger partial charge in [-0.25, -0.2) is 4.39 Å². The van der Waals surface area contributed by atoms with E-state index in [1.165, 1.54) is 6.07 Å². The molecular weight excluding hydrogens is 197 g/mol. The van der Waals surface area contributed by atoms with Crippen molar-refractivity contribution in [2.75, 3.05) is 17.8 Å². The Hall–Kier alpha value is -0.410. The number of hydrogen-bond acceptors (Lipinski definition) is 2. The highest BCUT2D eigenvalue weighted by molar-refractivity contribution is 7.80. The molecule has 0 atom stereocenters. The second-order valence-electron chi connectivity index (χ2n) is 2.44. The molecule has 0 saturated carbocycles. The van der Waals surface area contributed by atoms with Gasteiger partial charge in [-0.15, -0.1) is 0 Å². The molecule has 0 aliphatic heterocycles. The van der Waals surface area contributed by atoms with Crippen LogP contribution >= 0.6 is 24.2 Å². The van der Waals surface area contributed by atoms with Crippen LogP contribution in [-0.2, 0) is 0 Å². The van der Waals surface area contributed by atoms with E-state index in [4.69, 9.17) is 11.6 Å². The third kappa shape index (κ3) is 2.05. The molecule has 0 heterocycles. The second kappa shape index (κ2) is 4.01. The zero-order valence-electron chi connectivity index (χ0n) is 6.59. The summed E-state index contributed by atoms with van der Waals surface area (Å²) in [6.45, 7) is 0. The predicted octanol–water partition coefficient (Wildman–Crippen LogP) is 2.80. The van der Waals surface area contributed by atoms with E-state index in [1.807, 2.05) is 11.9 Å². The van der Waals surface area contributed by atoms with E-state index < -0.39 is 5.82 Å². The lowest BCUT2D eigenvalue weighted by atomic mass is 10.3. The van der Waals surface area contributed by atoms with Gasteiger partial charge < -0.3 is 4.90 Å². The van der Waals surface area contributed by atoms with Crippen LogP contribution in [0.15, 0.2) is 18.2 Å². The van der Waals surface area contributed by atoms with Crippen LogP contribution in [0.3, 0.4) is 0 Å². The highest BCUT2D eigenvalue weighted by Gasteiger charge is 2.02. The molecule has 0 aliphatic carbocycles. The summed E-state index contributed by atoms with van der Waals surface area (Å²) in [5.41, 5.74) is 0.858. The lowest BCUT2D eigenvalue weighted by Gasteiger charge is -2.15. The lowest BCUT2D eigenvalue weighted by molar-refractivity contribution is 0.628. The third-order valence-corrected chi connectivity index (χ3v) is 2.27. The molecule has 0 aromatic heterocycles. The van der Waals surface area contributed by atoms with Gasteiger partial charge in [-0.2, -0.15) is 12.6 Å². The van der Waals surface area contributed by atoms with Crippen molar-refractivity contribution < 1.29 is 4.39 Å². The van der Waals surface area contributed by atoms with Crippen LogP contribution in [0.4, 0.5) is 10.1 Å². The topological polar surface area (TPSA) is 3.24 Å². The van der Waals surface area contributed by atoms with Crippen LogP contribution in [0.25, 0.3) is 0 Å². The van der Waals surface area contributed by atoms with Crippen molar-refractivity contribution in [3.8, 4) is 0 Å². The number of thiol groups is 1. The molecule has 0 unspecified atom stereocenters. The molecule has 66 valence electrons. The normalized spacial score (nSPS) is 10.0. The van der Waals surface area contributed by atoms with Crippen molar-refractivity contribution in [1.82, 2.24) is 0 Å². The van der Waals surface area contributed by atoms with Gasteiger partial charge in [0.15, 0.2) is 0 Å². The van der Waals surface area contributed by atoms with Crippen molar-refractivity contribution in [1.29, 1.82) is 0 Å². The zero-order chi connectivity index (χ0) is 9.14. The average molecular weight is 206 g/mol. The molecule has 12 heavy (non-hydrogen) atoms. The third-order valence-electron chi connectivity index (χ3n) is 1.56. The van der Waals surface area contributed by atoms with Gasteiger partial charge >= 0.3 is 0 Å². The fraction of sp³-hybridized carbons (Fsp3) is 0.250. The van der Waals surface area contributed by atoms with E-state index >= 15 is 0 Å². The Morgan fingerprint density at radius 1 is 1.58 bits per heavy atom. The molecule has 0 amide bonds. The van der Waals surface area contributed by atoms with Crippen LogP contribution in [0.2, 0.25) is 5.02 Å². The van der Waals surface area contributed by atoms with Gasteiger partial charge in [0.2, 0.25) is 0 Å². The summed E-state index contributed by atoms with van der Waals surface area (Å²) in [6, 6.07) is 4.59. The first-order valence-electron chi connectivity index (χ1n) is 3.42. The van der Waals surface area contributed by atoms with Crippen LogP contribution in [0, 0.1) is 5.82 Å².